The maximum absolute atomic E-state index is 13.0. The average molecular weight is 383 g/mol. The molecule has 0 saturated carbocycles. The molecule has 1 heterocycles. The molecule has 1 aliphatic heterocycles. The van der Waals surface area contributed by atoms with Crippen LogP contribution in [0.4, 0.5) is 4.79 Å². The highest BCUT2D eigenvalue weighted by Gasteiger charge is 2.33. The molecule has 0 aliphatic carbocycles. The Morgan fingerprint density at radius 2 is 1.96 bits per heavy atom. The monoisotopic (exact) mass is 382 g/mol. The molecule has 0 bridgehead atoms. The van der Waals surface area contributed by atoms with Crippen LogP contribution >= 0.6 is 0 Å². The van der Waals surface area contributed by atoms with E-state index in [-0.39, 0.29) is 18.3 Å². The third-order valence-electron chi connectivity index (χ3n) is 4.41. The number of carbonyl (C=O) groups is 1. The highest BCUT2D eigenvalue weighted by atomic mass is 32.2. The normalized spacial score (nSPS) is 19.2. The van der Waals surface area contributed by atoms with Gasteiger partial charge in [-0.25, -0.2) is 13.2 Å². The summed E-state index contributed by atoms with van der Waals surface area (Å²) in [6.45, 7) is 8.07. The molecule has 0 spiro atoms. The van der Waals surface area contributed by atoms with Crippen LogP contribution in [0, 0.1) is 6.92 Å². The molecule has 1 aromatic rings. The Morgan fingerprint density at radius 3 is 2.62 bits per heavy atom. The van der Waals surface area contributed by atoms with Gasteiger partial charge in [-0.05, 0) is 51.7 Å². The molecule has 1 unspecified atom stereocenters. The summed E-state index contributed by atoms with van der Waals surface area (Å²) in [6, 6.07) is 7.30. The second kappa shape index (κ2) is 8.39. The molecule has 1 saturated heterocycles. The lowest BCUT2D eigenvalue weighted by atomic mass is 10.1. The zero-order valence-corrected chi connectivity index (χ0v) is 16.9. The van der Waals surface area contributed by atoms with E-state index in [0.29, 0.717) is 6.54 Å². The van der Waals surface area contributed by atoms with Crippen molar-refractivity contribution in [1.82, 2.24) is 9.62 Å². The van der Waals surface area contributed by atoms with Crippen molar-refractivity contribution in [1.29, 1.82) is 0 Å². The number of hydrogen-bond donors (Lipinski definition) is 1. The van der Waals surface area contributed by atoms with Gasteiger partial charge in [-0.3, -0.25) is 0 Å². The number of benzene rings is 1. The predicted octanol–water partition coefficient (Wildman–Crippen LogP) is 3.20. The minimum absolute atomic E-state index is 0.0113. The lowest BCUT2D eigenvalue weighted by molar-refractivity contribution is 0.0512. The second-order valence-corrected chi connectivity index (χ2v) is 9.75. The van der Waals surface area contributed by atoms with Crippen LogP contribution in [-0.2, 0) is 20.5 Å². The fourth-order valence-electron chi connectivity index (χ4n) is 3.11. The Labute approximate surface area is 157 Å². The number of aryl methyl sites for hydroxylation is 1. The lowest BCUT2D eigenvalue weighted by Gasteiger charge is -2.35. The SMILES string of the molecule is Cc1ccccc1CS(=O)(=O)N1CCCCC1CNC(=O)OC(C)(C)C. The molecule has 1 atom stereocenters. The minimum atomic E-state index is -3.45. The molecule has 1 N–H and O–H groups in total. The van der Waals surface area contributed by atoms with E-state index < -0.39 is 21.7 Å². The first-order valence-electron chi connectivity index (χ1n) is 9.09. The van der Waals surface area contributed by atoms with E-state index in [1.165, 1.54) is 0 Å². The van der Waals surface area contributed by atoms with Crippen LogP contribution in [0.5, 0.6) is 0 Å². The topological polar surface area (TPSA) is 75.7 Å². The van der Waals surface area contributed by atoms with Crippen LogP contribution in [0.2, 0.25) is 0 Å². The molecular weight excluding hydrogens is 352 g/mol. The molecule has 1 amide bonds. The van der Waals surface area contributed by atoms with Gasteiger partial charge in [-0.15, -0.1) is 0 Å². The van der Waals surface area contributed by atoms with Crippen molar-refractivity contribution >= 4 is 16.1 Å². The highest BCUT2D eigenvalue weighted by Crippen LogP contribution is 2.23. The van der Waals surface area contributed by atoms with Gasteiger partial charge >= 0.3 is 6.09 Å². The smallest absolute Gasteiger partial charge is 0.407 e. The van der Waals surface area contributed by atoms with Crippen LogP contribution in [-0.4, -0.2) is 43.5 Å². The molecule has 1 fully saturated rings. The fraction of sp³-hybridized carbons (Fsp3) is 0.632. The molecule has 7 heteroatoms. The lowest BCUT2D eigenvalue weighted by Crippen LogP contribution is -2.50. The van der Waals surface area contributed by atoms with Crippen LogP contribution in [0.15, 0.2) is 24.3 Å². The first-order chi connectivity index (χ1) is 12.1. The van der Waals surface area contributed by atoms with E-state index in [4.69, 9.17) is 4.74 Å². The number of nitrogens with one attached hydrogen (secondary N) is 1. The molecule has 1 aromatic carbocycles. The number of rotatable bonds is 5. The Hall–Kier alpha value is -1.60. The molecule has 26 heavy (non-hydrogen) atoms. The Morgan fingerprint density at radius 1 is 1.27 bits per heavy atom. The van der Waals surface area contributed by atoms with Gasteiger partial charge in [0.15, 0.2) is 0 Å². The first kappa shape index (κ1) is 20.7. The van der Waals surface area contributed by atoms with Crippen molar-refractivity contribution in [3.05, 3.63) is 35.4 Å². The summed E-state index contributed by atoms with van der Waals surface area (Å²) in [5.74, 6) is -0.0113. The summed E-state index contributed by atoms with van der Waals surface area (Å²) in [5.41, 5.74) is 1.21. The van der Waals surface area contributed by atoms with Crippen LogP contribution in [0.25, 0.3) is 0 Å². The van der Waals surface area contributed by atoms with Gasteiger partial charge in [0.1, 0.15) is 5.60 Å². The van der Waals surface area contributed by atoms with Crippen molar-refractivity contribution in [2.75, 3.05) is 13.1 Å². The number of piperidine rings is 1. The van der Waals surface area contributed by atoms with E-state index in [9.17, 15) is 13.2 Å². The number of ether oxygens (including phenoxy) is 1. The van der Waals surface area contributed by atoms with Gasteiger partial charge in [0.25, 0.3) is 0 Å². The van der Waals surface area contributed by atoms with E-state index in [1.54, 1.807) is 25.1 Å². The van der Waals surface area contributed by atoms with Gasteiger partial charge < -0.3 is 10.1 Å². The van der Waals surface area contributed by atoms with Crippen molar-refractivity contribution in [2.24, 2.45) is 0 Å². The maximum atomic E-state index is 13.0. The number of nitrogens with zero attached hydrogens (tertiary/aromatic N) is 1. The zero-order valence-electron chi connectivity index (χ0n) is 16.1. The Balaban J connectivity index is 2.05. The first-order valence-corrected chi connectivity index (χ1v) is 10.7. The zero-order chi connectivity index (χ0) is 19.4. The highest BCUT2D eigenvalue weighted by molar-refractivity contribution is 7.88. The second-order valence-electron chi connectivity index (χ2n) is 7.83. The summed E-state index contributed by atoms with van der Waals surface area (Å²) >= 11 is 0. The number of amides is 1. The minimum Gasteiger partial charge on any atom is -0.444 e. The molecule has 2 rings (SSSR count). The number of carbonyl (C=O) groups excluding carboxylic acids is 1. The van der Waals surface area contributed by atoms with Gasteiger partial charge in [0.05, 0.1) is 5.75 Å². The van der Waals surface area contributed by atoms with E-state index in [1.807, 2.05) is 31.2 Å². The molecule has 1 aliphatic rings. The summed E-state index contributed by atoms with van der Waals surface area (Å²) in [5, 5.41) is 2.72. The summed E-state index contributed by atoms with van der Waals surface area (Å²) in [4.78, 5) is 11.9. The maximum Gasteiger partial charge on any atom is 0.407 e. The quantitative estimate of drug-likeness (QED) is 0.848. The van der Waals surface area contributed by atoms with Crippen LogP contribution in [0.1, 0.15) is 51.2 Å². The van der Waals surface area contributed by atoms with Gasteiger partial charge in [-0.2, -0.15) is 4.31 Å². The van der Waals surface area contributed by atoms with Gasteiger partial charge in [0, 0.05) is 19.1 Å². The van der Waals surface area contributed by atoms with Crippen molar-refractivity contribution in [2.45, 2.75) is 64.4 Å². The number of hydrogen-bond acceptors (Lipinski definition) is 4. The third kappa shape index (κ3) is 5.99. The molecule has 146 valence electrons. The van der Waals surface area contributed by atoms with Gasteiger partial charge in [-0.1, -0.05) is 30.7 Å². The molecular formula is C19H30N2O4S. The molecule has 0 aromatic heterocycles. The molecule has 0 radical (unpaired) electrons. The van der Waals surface area contributed by atoms with Gasteiger partial charge in [0.2, 0.25) is 10.0 Å². The summed E-state index contributed by atoms with van der Waals surface area (Å²) in [7, 11) is -3.45. The summed E-state index contributed by atoms with van der Waals surface area (Å²) < 4.78 is 32.7. The number of alkyl carbamates (subject to hydrolysis) is 1. The Kier molecular flexibility index (Phi) is 6.69. The number of sulfonamides is 1. The predicted molar refractivity (Wildman–Crippen MR) is 102 cm³/mol. The van der Waals surface area contributed by atoms with Crippen LogP contribution in [0.3, 0.4) is 0 Å². The van der Waals surface area contributed by atoms with Crippen molar-refractivity contribution in [3.63, 3.8) is 0 Å². The third-order valence-corrected chi connectivity index (χ3v) is 6.28. The van der Waals surface area contributed by atoms with Crippen molar-refractivity contribution < 1.29 is 17.9 Å². The largest absolute Gasteiger partial charge is 0.444 e. The fourth-order valence-corrected chi connectivity index (χ4v) is 5.04. The summed E-state index contributed by atoms with van der Waals surface area (Å²) in [6.07, 6.45) is 2.02. The van der Waals surface area contributed by atoms with Crippen molar-refractivity contribution in [3.8, 4) is 0 Å². The average Bonchev–Trinajstić information content (AvgIpc) is 2.54. The van der Waals surface area contributed by atoms with Crippen LogP contribution < -0.4 is 5.32 Å². The van der Waals surface area contributed by atoms with E-state index in [2.05, 4.69) is 5.32 Å². The standard InChI is InChI=1S/C19H30N2O4S/c1-15-9-5-6-10-16(15)14-26(23,24)21-12-8-7-11-17(21)13-20-18(22)25-19(2,3)4/h5-6,9-10,17H,7-8,11-14H2,1-4H3,(H,20,22). The molecule has 6 nitrogen and oxygen atoms in total. The van der Waals surface area contributed by atoms with E-state index in [0.717, 1.165) is 30.4 Å². The Bertz CT molecular complexity index is 725. The van der Waals surface area contributed by atoms with E-state index >= 15 is 0 Å².